The molecule has 2 N–H and O–H groups in total. The molecule has 1 heterocycles. The molecule has 0 unspecified atom stereocenters. The Balaban J connectivity index is 1.70. The van der Waals surface area contributed by atoms with Gasteiger partial charge in [-0.2, -0.15) is 10.1 Å². The SMILES string of the molecule is CCOc1ccc(Nc2cnnc(Nc3cccc(F)c3)n2)cc1. The zero-order valence-electron chi connectivity index (χ0n) is 13.0. The van der Waals surface area contributed by atoms with Gasteiger partial charge < -0.3 is 15.4 Å². The number of nitrogens with zero attached hydrogens (tertiary/aromatic N) is 3. The van der Waals surface area contributed by atoms with Gasteiger partial charge in [-0.15, -0.1) is 5.10 Å². The molecule has 0 amide bonds. The summed E-state index contributed by atoms with van der Waals surface area (Å²) in [6.07, 6.45) is 1.51. The minimum atomic E-state index is -0.336. The van der Waals surface area contributed by atoms with E-state index in [0.717, 1.165) is 11.4 Å². The van der Waals surface area contributed by atoms with E-state index in [9.17, 15) is 4.39 Å². The van der Waals surface area contributed by atoms with Crippen LogP contribution in [0.25, 0.3) is 0 Å². The third kappa shape index (κ3) is 4.16. The van der Waals surface area contributed by atoms with Gasteiger partial charge in [-0.3, -0.25) is 0 Å². The minimum absolute atomic E-state index is 0.275. The Hall–Kier alpha value is -3.22. The van der Waals surface area contributed by atoms with Crippen LogP contribution < -0.4 is 15.4 Å². The molecule has 6 nitrogen and oxygen atoms in total. The highest BCUT2D eigenvalue weighted by Crippen LogP contribution is 2.20. The van der Waals surface area contributed by atoms with Gasteiger partial charge in [0.15, 0.2) is 5.82 Å². The number of hydrogen-bond acceptors (Lipinski definition) is 6. The van der Waals surface area contributed by atoms with Gasteiger partial charge in [0.1, 0.15) is 11.6 Å². The van der Waals surface area contributed by atoms with Gasteiger partial charge in [0.25, 0.3) is 0 Å². The largest absolute Gasteiger partial charge is 0.494 e. The second kappa shape index (κ2) is 7.36. The van der Waals surface area contributed by atoms with Crippen LogP contribution in [-0.2, 0) is 0 Å². The molecule has 1 aromatic heterocycles. The first-order valence-corrected chi connectivity index (χ1v) is 7.45. The van der Waals surface area contributed by atoms with Gasteiger partial charge in [0.05, 0.1) is 12.8 Å². The summed E-state index contributed by atoms with van der Waals surface area (Å²) >= 11 is 0. The molecule has 7 heteroatoms. The van der Waals surface area contributed by atoms with E-state index < -0.39 is 0 Å². The quantitative estimate of drug-likeness (QED) is 0.716. The molecule has 0 aliphatic heterocycles. The number of nitrogens with one attached hydrogen (secondary N) is 2. The lowest BCUT2D eigenvalue weighted by molar-refractivity contribution is 0.340. The summed E-state index contributed by atoms with van der Waals surface area (Å²) in [6, 6.07) is 13.6. The zero-order valence-corrected chi connectivity index (χ0v) is 13.0. The molecule has 3 rings (SSSR count). The van der Waals surface area contributed by atoms with Crippen molar-refractivity contribution in [1.29, 1.82) is 0 Å². The van der Waals surface area contributed by atoms with Crippen molar-refractivity contribution in [2.24, 2.45) is 0 Å². The average molecular weight is 325 g/mol. The topological polar surface area (TPSA) is 72.0 Å². The van der Waals surface area contributed by atoms with Crippen LogP contribution in [0.5, 0.6) is 5.75 Å². The van der Waals surface area contributed by atoms with E-state index in [2.05, 4.69) is 25.8 Å². The Morgan fingerprint density at radius 1 is 1.04 bits per heavy atom. The van der Waals surface area contributed by atoms with Crippen molar-refractivity contribution in [3.05, 3.63) is 60.5 Å². The van der Waals surface area contributed by atoms with Crippen LogP contribution in [0.4, 0.5) is 27.5 Å². The molecule has 0 atom stereocenters. The molecule has 0 aliphatic carbocycles. The number of rotatable bonds is 6. The number of halogens is 1. The van der Waals surface area contributed by atoms with Gasteiger partial charge in [-0.25, -0.2) is 4.39 Å². The van der Waals surface area contributed by atoms with Crippen LogP contribution in [-0.4, -0.2) is 21.8 Å². The molecule has 3 aromatic rings. The molecule has 122 valence electrons. The number of aromatic nitrogens is 3. The number of anilines is 4. The lowest BCUT2D eigenvalue weighted by Crippen LogP contribution is -2.02. The van der Waals surface area contributed by atoms with Crippen molar-refractivity contribution in [2.45, 2.75) is 6.92 Å². The summed E-state index contributed by atoms with van der Waals surface area (Å²) in [5, 5.41) is 13.8. The van der Waals surface area contributed by atoms with Crippen molar-refractivity contribution in [1.82, 2.24) is 15.2 Å². The van der Waals surface area contributed by atoms with Crippen LogP contribution in [0, 0.1) is 5.82 Å². The van der Waals surface area contributed by atoms with E-state index in [0.29, 0.717) is 18.1 Å². The predicted octanol–water partition coefficient (Wildman–Crippen LogP) is 3.90. The summed E-state index contributed by atoms with van der Waals surface area (Å²) in [5.41, 5.74) is 1.39. The zero-order chi connectivity index (χ0) is 16.8. The van der Waals surface area contributed by atoms with Crippen LogP contribution in [0.1, 0.15) is 6.92 Å². The van der Waals surface area contributed by atoms with Gasteiger partial charge in [-0.05, 0) is 49.4 Å². The number of ether oxygens (including phenoxy) is 1. The highest BCUT2D eigenvalue weighted by Gasteiger charge is 2.03. The highest BCUT2D eigenvalue weighted by atomic mass is 19.1. The summed E-state index contributed by atoms with van der Waals surface area (Å²) in [4.78, 5) is 4.30. The smallest absolute Gasteiger partial charge is 0.249 e. The molecule has 24 heavy (non-hydrogen) atoms. The molecule has 0 fully saturated rings. The van der Waals surface area contributed by atoms with E-state index in [1.54, 1.807) is 12.1 Å². The van der Waals surface area contributed by atoms with E-state index in [1.807, 2.05) is 31.2 Å². The Morgan fingerprint density at radius 2 is 1.88 bits per heavy atom. The fourth-order valence-electron chi connectivity index (χ4n) is 2.06. The Bertz CT molecular complexity index is 810. The van der Waals surface area contributed by atoms with E-state index >= 15 is 0 Å². The maximum absolute atomic E-state index is 13.2. The van der Waals surface area contributed by atoms with Crippen molar-refractivity contribution >= 4 is 23.1 Å². The molecular weight excluding hydrogens is 309 g/mol. The first-order valence-electron chi connectivity index (χ1n) is 7.45. The molecule has 0 saturated carbocycles. The standard InChI is InChI=1S/C17H16FN5O/c1-2-24-15-8-6-13(7-9-15)20-16-11-19-23-17(22-16)21-14-5-3-4-12(18)10-14/h3-11H,2H2,1H3,(H2,20,21,22,23). The first-order chi connectivity index (χ1) is 11.7. The maximum Gasteiger partial charge on any atom is 0.249 e. The third-order valence-electron chi connectivity index (χ3n) is 3.08. The lowest BCUT2D eigenvalue weighted by Gasteiger charge is -2.08. The summed E-state index contributed by atoms with van der Waals surface area (Å²) in [5.74, 6) is 1.26. The van der Waals surface area contributed by atoms with Crippen molar-refractivity contribution < 1.29 is 9.13 Å². The average Bonchev–Trinajstić information content (AvgIpc) is 2.57. The van der Waals surface area contributed by atoms with Crippen LogP contribution in [0.3, 0.4) is 0 Å². The van der Waals surface area contributed by atoms with E-state index in [-0.39, 0.29) is 11.8 Å². The first kappa shape index (κ1) is 15.7. The molecule has 2 aromatic carbocycles. The van der Waals surface area contributed by atoms with Crippen LogP contribution in [0.2, 0.25) is 0 Å². The van der Waals surface area contributed by atoms with E-state index in [4.69, 9.17) is 4.74 Å². The Labute approximate surface area is 138 Å². The minimum Gasteiger partial charge on any atom is -0.494 e. The molecule has 0 aliphatic rings. The fraction of sp³-hybridized carbons (Fsp3) is 0.118. The van der Waals surface area contributed by atoms with Gasteiger partial charge in [-0.1, -0.05) is 6.07 Å². The molecular formula is C17H16FN5O. The van der Waals surface area contributed by atoms with Gasteiger partial charge >= 0.3 is 0 Å². The van der Waals surface area contributed by atoms with Crippen molar-refractivity contribution in [2.75, 3.05) is 17.2 Å². The van der Waals surface area contributed by atoms with Gasteiger partial charge in [0, 0.05) is 11.4 Å². The summed E-state index contributed by atoms with van der Waals surface area (Å²) in [7, 11) is 0. The maximum atomic E-state index is 13.2. The molecule has 0 spiro atoms. The number of hydrogen-bond donors (Lipinski definition) is 2. The monoisotopic (exact) mass is 325 g/mol. The Kier molecular flexibility index (Phi) is 4.81. The highest BCUT2D eigenvalue weighted by molar-refractivity contribution is 5.59. The number of benzene rings is 2. The van der Waals surface area contributed by atoms with Crippen LogP contribution in [0.15, 0.2) is 54.7 Å². The van der Waals surface area contributed by atoms with Gasteiger partial charge in [0.2, 0.25) is 5.95 Å². The van der Waals surface area contributed by atoms with E-state index in [1.165, 1.54) is 18.3 Å². The second-order valence-electron chi connectivity index (χ2n) is 4.88. The van der Waals surface area contributed by atoms with Crippen molar-refractivity contribution in [3.8, 4) is 5.75 Å². The molecule has 0 bridgehead atoms. The lowest BCUT2D eigenvalue weighted by atomic mass is 10.3. The predicted molar refractivity (Wildman–Crippen MR) is 90.4 cm³/mol. The molecule has 0 saturated heterocycles. The Morgan fingerprint density at radius 3 is 2.62 bits per heavy atom. The fourth-order valence-corrected chi connectivity index (χ4v) is 2.06. The van der Waals surface area contributed by atoms with Crippen LogP contribution >= 0.6 is 0 Å². The summed E-state index contributed by atoms with van der Waals surface area (Å²) in [6.45, 7) is 2.56. The summed E-state index contributed by atoms with van der Waals surface area (Å²) < 4.78 is 18.6. The molecule has 0 radical (unpaired) electrons. The normalized spacial score (nSPS) is 10.2. The van der Waals surface area contributed by atoms with Crippen molar-refractivity contribution in [3.63, 3.8) is 0 Å². The second-order valence-corrected chi connectivity index (χ2v) is 4.88. The third-order valence-corrected chi connectivity index (χ3v) is 3.08.